The maximum atomic E-state index is 13.2. The fraction of sp³-hybridized carbons (Fsp3) is 0.229. The first-order chi connectivity index (χ1) is 31.7. The highest BCUT2D eigenvalue weighted by Gasteiger charge is 2.22. The average Bonchev–Trinajstić information content (AvgIpc) is 3.79. The summed E-state index contributed by atoms with van der Waals surface area (Å²) in [5, 5.41) is 11.0. The summed E-state index contributed by atoms with van der Waals surface area (Å²) in [7, 11) is 3.67. The van der Waals surface area contributed by atoms with Crippen LogP contribution >= 0.6 is 46.4 Å². The van der Waals surface area contributed by atoms with Crippen molar-refractivity contribution in [2.75, 3.05) is 43.5 Å². The average molecular weight is 970 g/mol. The topological polar surface area (TPSA) is 164 Å². The molecule has 0 spiro atoms. The molecular weight excluding hydrogens is 924 g/mol. The Hall–Kier alpha value is -6.13. The van der Waals surface area contributed by atoms with E-state index in [-0.39, 0.29) is 11.1 Å². The fourth-order valence-electron chi connectivity index (χ4n) is 8.18. The molecule has 0 amide bonds. The lowest BCUT2D eigenvalue weighted by molar-refractivity contribution is -0.144. The number of ether oxygens (including phenoxy) is 2. The molecule has 1 fully saturated rings. The number of aromatic nitrogens is 6. The summed E-state index contributed by atoms with van der Waals surface area (Å²) >= 11 is 25.2. The number of nitrogens with zero attached hydrogens (tertiary/aromatic N) is 5. The van der Waals surface area contributed by atoms with E-state index in [4.69, 9.17) is 55.9 Å². The largest absolute Gasteiger partial charge is 0.452 e. The number of morpholine rings is 1. The van der Waals surface area contributed by atoms with Crippen molar-refractivity contribution in [3.05, 3.63) is 143 Å². The highest BCUT2D eigenvalue weighted by Crippen LogP contribution is 2.37. The molecule has 1 aliphatic heterocycles. The van der Waals surface area contributed by atoms with Gasteiger partial charge in [-0.25, -0.2) is 9.97 Å². The summed E-state index contributed by atoms with van der Waals surface area (Å²) in [5.41, 5.74) is 6.44. The molecule has 4 N–H and O–H groups in total. The number of aromatic amines is 2. The van der Waals surface area contributed by atoms with Crippen LogP contribution in [0.15, 0.2) is 89.0 Å². The van der Waals surface area contributed by atoms with E-state index in [0.717, 1.165) is 66.0 Å². The van der Waals surface area contributed by atoms with Crippen LogP contribution in [-0.4, -0.2) is 72.8 Å². The van der Waals surface area contributed by atoms with Gasteiger partial charge in [-0.2, -0.15) is 0 Å². The van der Waals surface area contributed by atoms with Crippen LogP contribution in [0.25, 0.3) is 49.7 Å². The molecule has 0 radical (unpaired) electrons. The van der Waals surface area contributed by atoms with Gasteiger partial charge in [0.25, 0.3) is 11.1 Å². The second kappa shape index (κ2) is 19.4. The minimum absolute atomic E-state index is 0.150. The van der Waals surface area contributed by atoms with Gasteiger partial charge in [-0.1, -0.05) is 83.3 Å². The highest BCUT2D eigenvalue weighted by molar-refractivity contribution is 6.40. The zero-order chi connectivity index (χ0) is 47.0. The number of esters is 1. The van der Waals surface area contributed by atoms with Gasteiger partial charge in [-0.3, -0.25) is 19.3 Å². The van der Waals surface area contributed by atoms with Crippen molar-refractivity contribution < 1.29 is 14.3 Å². The van der Waals surface area contributed by atoms with Gasteiger partial charge in [0.15, 0.2) is 6.10 Å². The first-order valence-electron chi connectivity index (χ1n) is 20.9. The van der Waals surface area contributed by atoms with Crippen LogP contribution in [0.5, 0.6) is 0 Å². The maximum Gasteiger partial charge on any atom is 0.303 e. The first kappa shape index (κ1) is 46.4. The number of para-hydroxylation sites is 2. The molecule has 1 unspecified atom stereocenters. The summed E-state index contributed by atoms with van der Waals surface area (Å²) in [5.74, 6) is 0.558. The number of carbonyl (C=O) groups is 1. The predicted molar refractivity (Wildman–Crippen MR) is 268 cm³/mol. The Morgan fingerprint density at radius 2 is 1.27 bits per heavy atom. The van der Waals surface area contributed by atoms with Crippen molar-refractivity contribution in [2.24, 2.45) is 14.1 Å². The van der Waals surface area contributed by atoms with E-state index in [9.17, 15) is 14.4 Å². The molecule has 8 aromatic rings. The van der Waals surface area contributed by atoms with Gasteiger partial charge < -0.3 is 39.2 Å². The minimum Gasteiger partial charge on any atom is -0.452 e. The third-order valence-corrected chi connectivity index (χ3v) is 12.8. The van der Waals surface area contributed by atoms with E-state index in [2.05, 4.69) is 48.1 Å². The van der Waals surface area contributed by atoms with Crippen LogP contribution in [0.1, 0.15) is 35.5 Å². The number of carbonyl (C=O) groups excluding carboxylic acids is 1. The van der Waals surface area contributed by atoms with Gasteiger partial charge in [-0.15, -0.1) is 0 Å². The molecule has 0 bridgehead atoms. The third-order valence-electron chi connectivity index (χ3n) is 11.6. The Kier molecular flexibility index (Phi) is 13.6. The number of nitrogens with one attached hydrogen (secondary N) is 4. The number of hydrogen-bond donors (Lipinski definition) is 4. The zero-order valence-electron chi connectivity index (χ0n) is 36.6. The van der Waals surface area contributed by atoms with E-state index in [1.807, 2.05) is 55.8 Å². The molecule has 0 aliphatic carbocycles. The van der Waals surface area contributed by atoms with Crippen molar-refractivity contribution in [2.45, 2.75) is 26.9 Å². The number of fused-ring (bicyclic) bond motifs is 6. The molecule has 66 heavy (non-hydrogen) atoms. The molecule has 1 aliphatic rings. The fourth-order valence-corrected chi connectivity index (χ4v) is 9.17. The van der Waals surface area contributed by atoms with Crippen molar-refractivity contribution in [3.8, 4) is 0 Å². The van der Waals surface area contributed by atoms with Gasteiger partial charge in [0.1, 0.15) is 0 Å². The number of aryl methyl sites for hydroxylation is 4. The van der Waals surface area contributed by atoms with Crippen LogP contribution in [0.2, 0.25) is 20.1 Å². The summed E-state index contributed by atoms with van der Waals surface area (Å²) in [4.78, 5) is 55.4. The zero-order valence-corrected chi connectivity index (χ0v) is 39.6. The van der Waals surface area contributed by atoms with E-state index < -0.39 is 12.1 Å². The minimum atomic E-state index is -0.758. The number of halogens is 4. The monoisotopic (exact) mass is 967 g/mol. The molecule has 1 saturated heterocycles. The number of H-pyrrole nitrogens is 2. The smallest absolute Gasteiger partial charge is 0.303 e. The van der Waals surface area contributed by atoms with Crippen LogP contribution in [0.4, 0.5) is 23.3 Å². The number of hydrogen-bond acceptors (Lipinski definition) is 10. The Labute approximate surface area is 398 Å². The normalized spacial score (nSPS) is 13.7. The van der Waals surface area contributed by atoms with Gasteiger partial charge in [0, 0.05) is 46.3 Å². The van der Waals surface area contributed by atoms with Crippen molar-refractivity contribution in [1.29, 1.82) is 0 Å². The Morgan fingerprint density at radius 1 is 0.788 bits per heavy atom. The van der Waals surface area contributed by atoms with E-state index in [0.29, 0.717) is 76.4 Å². The van der Waals surface area contributed by atoms with Crippen LogP contribution < -0.4 is 21.8 Å². The van der Waals surface area contributed by atoms with E-state index >= 15 is 0 Å². The van der Waals surface area contributed by atoms with E-state index in [1.54, 1.807) is 48.0 Å². The van der Waals surface area contributed by atoms with Crippen LogP contribution in [0.3, 0.4) is 0 Å². The van der Waals surface area contributed by atoms with Crippen molar-refractivity contribution in [1.82, 2.24) is 34.0 Å². The van der Waals surface area contributed by atoms with Crippen molar-refractivity contribution in [3.63, 3.8) is 0 Å². The number of anilines is 4. The summed E-state index contributed by atoms with van der Waals surface area (Å²) in [6.07, 6.45) is 4.80. The van der Waals surface area contributed by atoms with E-state index in [1.165, 1.54) is 13.0 Å². The lowest BCUT2D eigenvalue weighted by Gasteiger charge is -2.25. The first-order valence-corrected chi connectivity index (χ1v) is 22.4. The molecule has 9 rings (SSSR count). The lowest BCUT2D eigenvalue weighted by atomic mass is 10.0. The molecule has 1 atom stereocenters. The standard InChI is InChI=1S/C25H25Cl2N5O2.C23H20Cl2N4O3/c1-15-16-8-9-20-23(31(2)25(29-20)30-22-17(26)5-3-6-18(22)27)21(16)24(33)28-19(15)7-4-10-32-11-13-34-14-12-32;1-5-17(32-12(3)30)19-11(2)13-9-10-16-21(18(13)22(31)27-19)29(4)23(26-16)28-20-14(24)7-6-8-15(20)25/h3-9H,10-14H2,1-2H3,(H,28,33)(H,29,30);5-10,17H,1H2,2-4H3,(H,26,28)(H,27,31)/b7-4+;. The summed E-state index contributed by atoms with van der Waals surface area (Å²) in [6, 6.07) is 18.1. The Balaban J connectivity index is 0.000000180. The molecule has 14 nitrogen and oxygen atoms in total. The molecule has 340 valence electrons. The number of benzene rings is 4. The molecular formula is C48H45Cl4N9O5. The summed E-state index contributed by atoms with van der Waals surface area (Å²) in [6.45, 7) is 13.1. The Morgan fingerprint density at radius 3 is 1.76 bits per heavy atom. The van der Waals surface area contributed by atoms with Gasteiger partial charge in [0.05, 0.1) is 83.2 Å². The second-order valence-corrected chi connectivity index (χ2v) is 17.3. The van der Waals surface area contributed by atoms with Crippen LogP contribution in [0, 0.1) is 13.8 Å². The number of pyridine rings is 2. The van der Waals surface area contributed by atoms with Gasteiger partial charge >= 0.3 is 5.97 Å². The highest BCUT2D eigenvalue weighted by atomic mass is 35.5. The maximum absolute atomic E-state index is 13.2. The quantitative estimate of drug-likeness (QED) is 0.0766. The second-order valence-electron chi connectivity index (χ2n) is 15.7. The Bertz CT molecular complexity index is 3330. The molecule has 0 saturated carbocycles. The third kappa shape index (κ3) is 9.04. The molecule has 4 aromatic carbocycles. The molecule has 18 heteroatoms. The summed E-state index contributed by atoms with van der Waals surface area (Å²) < 4.78 is 14.3. The molecule has 5 heterocycles. The molecule has 4 aromatic heterocycles. The van der Waals surface area contributed by atoms with Gasteiger partial charge in [-0.05, 0) is 84.3 Å². The SMILES string of the molecule is C=CC(OC(C)=O)c1[nH]c(=O)c2c(ccc3nc(Nc4c(Cl)cccc4Cl)n(C)c32)c1C.Cc1c(/C=C/CN2CCOCC2)[nH]c(=O)c2c1ccc1nc(Nc3c(Cl)cccc3Cl)n(C)c12. The lowest BCUT2D eigenvalue weighted by Crippen LogP contribution is -2.36. The van der Waals surface area contributed by atoms with Crippen LogP contribution in [-0.2, 0) is 28.4 Å². The van der Waals surface area contributed by atoms with Gasteiger partial charge in [0.2, 0.25) is 11.9 Å². The number of imidazole rings is 2. The predicted octanol–water partition coefficient (Wildman–Crippen LogP) is 10.7. The number of rotatable bonds is 10. The van der Waals surface area contributed by atoms with Crippen molar-refractivity contribution >= 4 is 125 Å².